The van der Waals surface area contributed by atoms with Crippen LogP contribution < -0.4 is 10.6 Å². The normalized spacial score (nSPS) is 18.7. The van der Waals surface area contributed by atoms with Gasteiger partial charge in [0.15, 0.2) is 0 Å². The van der Waals surface area contributed by atoms with Gasteiger partial charge in [0.2, 0.25) is 0 Å². The second-order valence-electron chi connectivity index (χ2n) is 4.07. The largest absolute Gasteiger partial charge is 0.376 e. The maximum absolute atomic E-state index is 13.2. The lowest BCUT2D eigenvalue weighted by Crippen LogP contribution is -2.35. The average Bonchev–Trinajstić information content (AvgIpc) is 2.84. The van der Waals surface area contributed by atoms with Crippen LogP contribution in [-0.4, -0.2) is 25.3 Å². The van der Waals surface area contributed by atoms with Crippen molar-refractivity contribution in [3.63, 3.8) is 0 Å². The highest BCUT2D eigenvalue weighted by molar-refractivity contribution is 5.89. The van der Waals surface area contributed by atoms with Crippen LogP contribution in [0.25, 0.3) is 0 Å². The molecular weight excluding hydrogens is 242 g/mol. The quantitative estimate of drug-likeness (QED) is 0.871. The highest BCUT2D eigenvalue weighted by Crippen LogP contribution is 2.17. The second kappa shape index (κ2) is 5.77. The van der Waals surface area contributed by atoms with Crippen LogP contribution in [0.15, 0.2) is 18.2 Å². The predicted molar refractivity (Wildman–Crippen MR) is 62.4 cm³/mol. The number of halogens is 2. The van der Waals surface area contributed by atoms with Gasteiger partial charge in [0.05, 0.1) is 6.10 Å². The maximum atomic E-state index is 13.2. The molecule has 1 atom stereocenters. The Morgan fingerprint density at radius 1 is 1.39 bits per heavy atom. The number of hydrogen-bond acceptors (Lipinski definition) is 2. The summed E-state index contributed by atoms with van der Waals surface area (Å²) >= 11 is 0. The molecule has 0 bridgehead atoms. The van der Waals surface area contributed by atoms with Crippen LogP contribution in [-0.2, 0) is 4.74 Å². The van der Waals surface area contributed by atoms with Crippen molar-refractivity contribution in [3.8, 4) is 0 Å². The van der Waals surface area contributed by atoms with E-state index in [1.54, 1.807) is 0 Å². The summed E-state index contributed by atoms with van der Waals surface area (Å²) in [6.07, 6.45) is 1.84. The van der Waals surface area contributed by atoms with Gasteiger partial charge in [-0.1, -0.05) is 6.07 Å². The van der Waals surface area contributed by atoms with E-state index in [4.69, 9.17) is 4.74 Å². The second-order valence-corrected chi connectivity index (χ2v) is 4.07. The van der Waals surface area contributed by atoms with Crippen molar-refractivity contribution < 1.29 is 18.3 Å². The van der Waals surface area contributed by atoms with Gasteiger partial charge in [-0.25, -0.2) is 13.6 Å². The van der Waals surface area contributed by atoms with Gasteiger partial charge in [-0.05, 0) is 25.0 Å². The molecule has 1 fully saturated rings. The first-order chi connectivity index (χ1) is 8.66. The van der Waals surface area contributed by atoms with Gasteiger partial charge in [-0.15, -0.1) is 0 Å². The number of anilines is 1. The number of para-hydroxylation sites is 1. The Balaban J connectivity index is 1.86. The molecule has 1 aromatic rings. The number of carbonyl (C=O) groups is 1. The summed E-state index contributed by atoms with van der Waals surface area (Å²) in [7, 11) is 0. The van der Waals surface area contributed by atoms with Crippen LogP contribution in [0, 0.1) is 11.6 Å². The Labute approximate surface area is 103 Å². The predicted octanol–water partition coefficient (Wildman–Crippen LogP) is 2.27. The van der Waals surface area contributed by atoms with Gasteiger partial charge in [-0.2, -0.15) is 0 Å². The third-order valence-corrected chi connectivity index (χ3v) is 2.72. The van der Waals surface area contributed by atoms with Gasteiger partial charge in [0, 0.05) is 13.2 Å². The van der Waals surface area contributed by atoms with Crippen molar-refractivity contribution in [2.75, 3.05) is 18.5 Å². The van der Waals surface area contributed by atoms with Crippen molar-refractivity contribution in [1.82, 2.24) is 5.32 Å². The highest BCUT2D eigenvalue weighted by atomic mass is 19.1. The van der Waals surface area contributed by atoms with Crippen molar-refractivity contribution in [2.45, 2.75) is 18.9 Å². The summed E-state index contributed by atoms with van der Waals surface area (Å²) in [5, 5.41) is 4.67. The van der Waals surface area contributed by atoms with Gasteiger partial charge < -0.3 is 15.4 Å². The SMILES string of the molecule is O=C(NCC1CCCO1)Nc1c(F)cccc1F. The van der Waals surface area contributed by atoms with E-state index in [2.05, 4.69) is 10.6 Å². The average molecular weight is 256 g/mol. The molecule has 1 aliphatic rings. The summed E-state index contributed by atoms with van der Waals surface area (Å²) in [5.74, 6) is -1.61. The third kappa shape index (κ3) is 3.16. The summed E-state index contributed by atoms with van der Waals surface area (Å²) in [5.41, 5.74) is -0.442. The first-order valence-electron chi connectivity index (χ1n) is 5.77. The minimum atomic E-state index is -0.803. The van der Waals surface area contributed by atoms with Crippen molar-refractivity contribution >= 4 is 11.7 Å². The molecule has 2 rings (SSSR count). The number of ether oxygens (including phenoxy) is 1. The highest BCUT2D eigenvalue weighted by Gasteiger charge is 2.17. The zero-order valence-corrected chi connectivity index (χ0v) is 9.71. The maximum Gasteiger partial charge on any atom is 0.319 e. The van der Waals surface area contributed by atoms with Gasteiger partial charge in [0.1, 0.15) is 17.3 Å². The number of carbonyl (C=O) groups excluding carboxylic acids is 1. The molecule has 1 aromatic carbocycles. The minimum absolute atomic E-state index is 0.0128. The smallest absolute Gasteiger partial charge is 0.319 e. The summed E-state index contributed by atoms with van der Waals surface area (Å²) in [4.78, 5) is 11.5. The van der Waals surface area contributed by atoms with E-state index in [9.17, 15) is 13.6 Å². The van der Waals surface area contributed by atoms with E-state index in [-0.39, 0.29) is 6.10 Å². The molecule has 4 nitrogen and oxygen atoms in total. The zero-order chi connectivity index (χ0) is 13.0. The monoisotopic (exact) mass is 256 g/mol. The molecular formula is C12H14F2N2O2. The Morgan fingerprint density at radius 2 is 2.11 bits per heavy atom. The molecule has 0 aromatic heterocycles. The van der Waals surface area contributed by atoms with Crippen molar-refractivity contribution in [3.05, 3.63) is 29.8 Å². The Bertz CT molecular complexity index is 414. The van der Waals surface area contributed by atoms with Crippen molar-refractivity contribution in [1.29, 1.82) is 0 Å². The summed E-state index contributed by atoms with van der Waals surface area (Å²) in [6.45, 7) is 1.03. The molecule has 6 heteroatoms. The van der Waals surface area contributed by atoms with E-state index in [1.807, 2.05) is 0 Å². The van der Waals surface area contributed by atoms with E-state index in [0.29, 0.717) is 13.2 Å². The number of urea groups is 1. The Kier molecular flexibility index (Phi) is 4.09. The standard InChI is InChI=1S/C12H14F2N2O2/c13-9-4-1-5-10(14)11(9)16-12(17)15-7-8-3-2-6-18-8/h1,4-5,8H,2-3,6-7H2,(H2,15,16,17). The third-order valence-electron chi connectivity index (χ3n) is 2.72. The van der Waals surface area contributed by atoms with Crippen LogP contribution in [0.3, 0.4) is 0 Å². The molecule has 98 valence electrons. The van der Waals surface area contributed by atoms with E-state index in [1.165, 1.54) is 6.07 Å². The lowest BCUT2D eigenvalue weighted by atomic mass is 10.2. The molecule has 0 aliphatic carbocycles. The van der Waals surface area contributed by atoms with Crippen molar-refractivity contribution in [2.24, 2.45) is 0 Å². The van der Waals surface area contributed by atoms with Gasteiger partial charge in [0.25, 0.3) is 0 Å². The van der Waals surface area contributed by atoms with Crippen LogP contribution in [0.2, 0.25) is 0 Å². The molecule has 0 radical (unpaired) electrons. The molecule has 1 unspecified atom stereocenters. The lowest BCUT2D eigenvalue weighted by molar-refractivity contribution is 0.112. The Morgan fingerprint density at radius 3 is 2.72 bits per heavy atom. The zero-order valence-electron chi connectivity index (χ0n) is 9.71. The molecule has 18 heavy (non-hydrogen) atoms. The van der Waals surface area contributed by atoms with Gasteiger partial charge in [-0.3, -0.25) is 0 Å². The van der Waals surface area contributed by atoms with Gasteiger partial charge >= 0.3 is 6.03 Å². The topological polar surface area (TPSA) is 50.4 Å². The number of hydrogen-bond donors (Lipinski definition) is 2. The van der Waals surface area contributed by atoms with Crippen LogP contribution in [0.4, 0.5) is 19.3 Å². The summed E-state index contributed by atoms with van der Waals surface area (Å²) < 4.78 is 31.8. The van der Waals surface area contributed by atoms with E-state index in [0.717, 1.165) is 25.0 Å². The lowest BCUT2D eigenvalue weighted by Gasteiger charge is -2.12. The number of amides is 2. The first kappa shape index (κ1) is 12.8. The Hall–Kier alpha value is -1.69. The van der Waals surface area contributed by atoms with Crippen LogP contribution in [0.1, 0.15) is 12.8 Å². The molecule has 2 amide bonds. The first-order valence-corrected chi connectivity index (χ1v) is 5.77. The van der Waals surface area contributed by atoms with E-state index < -0.39 is 23.4 Å². The fourth-order valence-corrected chi connectivity index (χ4v) is 1.79. The molecule has 1 aliphatic heterocycles. The van der Waals surface area contributed by atoms with Crippen LogP contribution in [0.5, 0.6) is 0 Å². The molecule has 1 saturated heterocycles. The summed E-state index contributed by atoms with van der Waals surface area (Å²) in [6, 6.07) is 2.76. The molecule has 1 heterocycles. The minimum Gasteiger partial charge on any atom is -0.376 e. The molecule has 0 spiro atoms. The molecule has 2 N–H and O–H groups in total. The number of nitrogens with one attached hydrogen (secondary N) is 2. The fourth-order valence-electron chi connectivity index (χ4n) is 1.79. The number of rotatable bonds is 3. The molecule has 0 saturated carbocycles. The van der Waals surface area contributed by atoms with E-state index >= 15 is 0 Å². The van der Waals surface area contributed by atoms with Crippen LogP contribution >= 0.6 is 0 Å². The number of benzene rings is 1. The fraction of sp³-hybridized carbons (Fsp3) is 0.417.